The van der Waals surface area contributed by atoms with Crippen LogP contribution in [0.15, 0.2) is 51.9 Å². The highest BCUT2D eigenvalue weighted by Gasteiger charge is 2.19. The molecule has 7 heteroatoms. The van der Waals surface area contributed by atoms with Gasteiger partial charge in [0, 0.05) is 5.39 Å². The topological polar surface area (TPSA) is 97.4 Å². The molecule has 0 radical (unpaired) electrons. The number of fused-ring (bicyclic) bond motifs is 1. The highest BCUT2D eigenvalue weighted by atomic mass is 16.4. The van der Waals surface area contributed by atoms with Crippen LogP contribution in [-0.2, 0) is 0 Å². The molecule has 1 aromatic carbocycles. The molecule has 3 aromatic rings. The minimum atomic E-state index is -0.957. The number of aromatic nitrogens is 2. The first-order valence-corrected chi connectivity index (χ1v) is 8.00. The molecule has 130 valence electrons. The van der Waals surface area contributed by atoms with Crippen molar-refractivity contribution in [3.63, 3.8) is 0 Å². The number of carbonyl (C=O) groups is 1. The summed E-state index contributed by atoms with van der Waals surface area (Å²) in [7, 11) is 0. The molecule has 2 N–H and O–H groups in total. The SMILES string of the molecule is CC(C)n1nc(C(=O)NCC(O)c2ccco2)c2ccccc2c1=O. The monoisotopic (exact) mass is 341 g/mol. The molecule has 0 fully saturated rings. The first kappa shape index (κ1) is 16.9. The number of hydrogen-bond donors (Lipinski definition) is 2. The second-order valence-electron chi connectivity index (χ2n) is 5.98. The third-order valence-electron chi connectivity index (χ3n) is 3.86. The largest absolute Gasteiger partial charge is 0.467 e. The van der Waals surface area contributed by atoms with Crippen molar-refractivity contribution >= 4 is 16.7 Å². The molecule has 3 rings (SSSR count). The van der Waals surface area contributed by atoms with Gasteiger partial charge in [0.25, 0.3) is 11.5 Å². The maximum Gasteiger partial charge on any atom is 0.274 e. The number of benzene rings is 1. The number of hydrogen-bond acceptors (Lipinski definition) is 5. The van der Waals surface area contributed by atoms with E-state index >= 15 is 0 Å². The summed E-state index contributed by atoms with van der Waals surface area (Å²) in [5.41, 5.74) is -0.0895. The number of carbonyl (C=O) groups excluding carboxylic acids is 1. The van der Waals surface area contributed by atoms with Crippen LogP contribution < -0.4 is 10.9 Å². The highest BCUT2D eigenvalue weighted by Crippen LogP contribution is 2.16. The third-order valence-corrected chi connectivity index (χ3v) is 3.86. The molecule has 0 bridgehead atoms. The molecule has 0 spiro atoms. The predicted octanol–water partition coefficient (Wildman–Crippen LogP) is 2.03. The van der Waals surface area contributed by atoms with Crippen LogP contribution in [0, 0.1) is 0 Å². The van der Waals surface area contributed by atoms with E-state index in [0.29, 0.717) is 16.5 Å². The number of nitrogens with one attached hydrogen (secondary N) is 1. The zero-order valence-corrected chi connectivity index (χ0v) is 14.0. The van der Waals surface area contributed by atoms with Gasteiger partial charge in [-0.3, -0.25) is 9.59 Å². The van der Waals surface area contributed by atoms with Gasteiger partial charge in [-0.05, 0) is 32.0 Å². The number of furan rings is 1. The van der Waals surface area contributed by atoms with Crippen molar-refractivity contribution in [1.29, 1.82) is 0 Å². The van der Waals surface area contributed by atoms with Crippen molar-refractivity contribution in [2.75, 3.05) is 6.54 Å². The average Bonchev–Trinajstić information content (AvgIpc) is 3.14. The molecule has 0 saturated heterocycles. The van der Waals surface area contributed by atoms with Crippen LogP contribution in [0.1, 0.15) is 42.2 Å². The smallest absolute Gasteiger partial charge is 0.274 e. The fourth-order valence-electron chi connectivity index (χ4n) is 2.58. The summed E-state index contributed by atoms with van der Waals surface area (Å²) in [5, 5.41) is 17.8. The lowest BCUT2D eigenvalue weighted by Gasteiger charge is -2.14. The number of aliphatic hydroxyl groups excluding tert-OH is 1. The standard InChI is InChI=1S/C18H19N3O4/c1-11(2)21-18(24)13-7-4-3-6-12(13)16(20-21)17(23)19-10-14(22)15-8-5-9-25-15/h3-9,11,14,22H,10H2,1-2H3,(H,19,23). The third kappa shape index (κ3) is 3.32. The average molecular weight is 341 g/mol. The van der Waals surface area contributed by atoms with Gasteiger partial charge in [-0.2, -0.15) is 5.10 Å². The van der Waals surface area contributed by atoms with Crippen molar-refractivity contribution in [3.05, 3.63) is 64.5 Å². The number of rotatable bonds is 5. The van der Waals surface area contributed by atoms with Crippen molar-refractivity contribution in [1.82, 2.24) is 15.1 Å². The van der Waals surface area contributed by atoms with Crippen LogP contribution in [0.2, 0.25) is 0 Å². The van der Waals surface area contributed by atoms with Gasteiger partial charge in [-0.1, -0.05) is 18.2 Å². The summed E-state index contributed by atoms with van der Waals surface area (Å²) >= 11 is 0. The molecule has 1 unspecified atom stereocenters. The van der Waals surface area contributed by atoms with Gasteiger partial charge in [0.2, 0.25) is 0 Å². The second kappa shape index (κ2) is 6.90. The summed E-state index contributed by atoms with van der Waals surface area (Å²) in [5.74, 6) is -0.0959. The van der Waals surface area contributed by atoms with Crippen LogP contribution in [0.25, 0.3) is 10.8 Å². The molecule has 0 aliphatic rings. The Balaban J connectivity index is 1.93. The molecule has 0 aliphatic heterocycles. The second-order valence-corrected chi connectivity index (χ2v) is 5.98. The first-order valence-electron chi connectivity index (χ1n) is 8.00. The van der Waals surface area contributed by atoms with E-state index in [9.17, 15) is 14.7 Å². The van der Waals surface area contributed by atoms with Crippen molar-refractivity contribution in [2.45, 2.75) is 26.0 Å². The summed E-state index contributed by atoms with van der Waals surface area (Å²) < 4.78 is 6.40. The molecule has 0 saturated carbocycles. The van der Waals surface area contributed by atoms with E-state index in [1.165, 1.54) is 10.9 Å². The van der Waals surface area contributed by atoms with Crippen LogP contribution in [0.4, 0.5) is 0 Å². The molecular formula is C18H19N3O4. The van der Waals surface area contributed by atoms with Crippen molar-refractivity contribution < 1.29 is 14.3 Å². The lowest BCUT2D eigenvalue weighted by atomic mass is 10.1. The zero-order valence-electron chi connectivity index (χ0n) is 14.0. The maximum atomic E-state index is 12.6. The molecule has 1 atom stereocenters. The Hall–Kier alpha value is -2.93. The van der Waals surface area contributed by atoms with E-state index in [4.69, 9.17) is 4.42 Å². The lowest BCUT2D eigenvalue weighted by Crippen LogP contribution is -2.33. The summed E-state index contributed by atoms with van der Waals surface area (Å²) in [4.78, 5) is 25.1. The van der Waals surface area contributed by atoms with E-state index in [1.54, 1.807) is 36.4 Å². The highest BCUT2D eigenvalue weighted by molar-refractivity contribution is 6.04. The Morgan fingerprint density at radius 1 is 1.24 bits per heavy atom. The van der Waals surface area contributed by atoms with Gasteiger partial charge in [-0.25, -0.2) is 4.68 Å². The number of nitrogens with zero attached hydrogens (tertiary/aromatic N) is 2. The normalized spacial score (nSPS) is 12.5. The van der Waals surface area contributed by atoms with Gasteiger partial charge >= 0.3 is 0 Å². The van der Waals surface area contributed by atoms with Crippen LogP contribution in [-0.4, -0.2) is 27.3 Å². The summed E-state index contributed by atoms with van der Waals surface area (Å²) in [6, 6.07) is 9.96. The molecule has 0 aliphatic carbocycles. The number of aliphatic hydroxyl groups is 1. The summed E-state index contributed by atoms with van der Waals surface area (Å²) in [6.07, 6.45) is 0.495. The Labute approximate surface area is 143 Å². The lowest BCUT2D eigenvalue weighted by molar-refractivity contribution is 0.0895. The van der Waals surface area contributed by atoms with Crippen molar-refractivity contribution in [2.24, 2.45) is 0 Å². The fourth-order valence-corrected chi connectivity index (χ4v) is 2.58. The summed E-state index contributed by atoms with van der Waals surface area (Å²) in [6.45, 7) is 3.63. The first-order chi connectivity index (χ1) is 12.0. The van der Waals surface area contributed by atoms with Crippen LogP contribution in [0.3, 0.4) is 0 Å². The van der Waals surface area contributed by atoms with Gasteiger partial charge in [0.1, 0.15) is 11.9 Å². The zero-order chi connectivity index (χ0) is 18.0. The van der Waals surface area contributed by atoms with Crippen LogP contribution in [0.5, 0.6) is 0 Å². The molecule has 25 heavy (non-hydrogen) atoms. The van der Waals surface area contributed by atoms with E-state index in [2.05, 4.69) is 10.4 Å². The fraction of sp³-hybridized carbons (Fsp3) is 0.278. The molecular weight excluding hydrogens is 322 g/mol. The van der Waals surface area contributed by atoms with Gasteiger partial charge in [-0.15, -0.1) is 0 Å². The molecule has 1 amide bonds. The quantitative estimate of drug-likeness (QED) is 0.740. The maximum absolute atomic E-state index is 12.6. The van der Waals surface area contributed by atoms with Gasteiger partial charge in [0.05, 0.1) is 24.2 Å². The van der Waals surface area contributed by atoms with E-state index in [1.807, 2.05) is 13.8 Å². The minimum absolute atomic E-state index is 0.0246. The van der Waals surface area contributed by atoms with E-state index < -0.39 is 12.0 Å². The van der Waals surface area contributed by atoms with Crippen molar-refractivity contribution in [3.8, 4) is 0 Å². The Morgan fingerprint density at radius 2 is 1.96 bits per heavy atom. The van der Waals surface area contributed by atoms with Gasteiger partial charge < -0.3 is 14.8 Å². The molecule has 2 heterocycles. The van der Waals surface area contributed by atoms with Gasteiger partial charge in [0.15, 0.2) is 5.69 Å². The Kier molecular flexibility index (Phi) is 4.67. The number of amides is 1. The Morgan fingerprint density at radius 3 is 2.60 bits per heavy atom. The minimum Gasteiger partial charge on any atom is -0.467 e. The molecule has 2 aromatic heterocycles. The molecule has 7 nitrogen and oxygen atoms in total. The van der Waals surface area contributed by atoms with E-state index in [0.717, 1.165) is 0 Å². The van der Waals surface area contributed by atoms with E-state index in [-0.39, 0.29) is 23.8 Å². The predicted molar refractivity (Wildman–Crippen MR) is 92.4 cm³/mol. The van der Waals surface area contributed by atoms with Crippen LogP contribution >= 0.6 is 0 Å². The Bertz CT molecular complexity index is 945.